The Balaban J connectivity index is 1.75. The van der Waals surface area contributed by atoms with Gasteiger partial charge in [0.25, 0.3) is 5.91 Å². The molecule has 0 aliphatic carbocycles. The van der Waals surface area contributed by atoms with Gasteiger partial charge in [0.1, 0.15) is 11.5 Å². The van der Waals surface area contributed by atoms with Gasteiger partial charge in [-0.1, -0.05) is 11.6 Å². The van der Waals surface area contributed by atoms with Gasteiger partial charge in [-0.3, -0.25) is 14.4 Å². The Kier molecular flexibility index (Phi) is 8.29. The summed E-state index contributed by atoms with van der Waals surface area (Å²) in [6, 6.07) is 11.5. The molecule has 0 aromatic heterocycles. The molecule has 0 heterocycles. The molecular weight excluding hydrogens is 400 g/mol. The average molecular weight is 421 g/mol. The van der Waals surface area contributed by atoms with E-state index >= 15 is 0 Å². The number of rotatable bonds is 9. The summed E-state index contributed by atoms with van der Waals surface area (Å²) in [5, 5.41) is 5.77. The van der Waals surface area contributed by atoms with Crippen LogP contribution in [0.15, 0.2) is 42.5 Å². The molecule has 2 rings (SSSR count). The van der Waals surface area contributed by atoms with Crippen LogP contribution in [0.3, 0.4) is 0 Å². The lowest BCUT2D eigenvalue weighted by atomic mass is 10.2. The van der Waals surface area contributed by atoms with Crippen molar-refractivity contribution >= 4 is 40.8 Å². The monoisotopic (exact) mass is 420 g/mol. The summed E-state index contributed by atoms with van der Waals surface area (Å²) in [7, 11) is 2.96. The van der Waals surface area contributed by atoms with Crippen LogP contribution in [0, 0.1) is 0 Å². The first kappa shape index (κ1) is 22.0. The Morgan fingerprint density at radius 3 is 2.28 bits per heavy atom. The first-order chi connectivity index (χ1) is 13.9. The summed E-state index contributed by atoms with van der Waals surface area (Å²) in [5.74, 6) is -0.594. The Bertz CT molecular complexity index is 870. The van der Waals surface area contributed by atoms with Crippen LogP contribution in [0.1, 0.15) is 12.8 Å². The van der Waals surface area contributed by atoms with Crippen molar-refractivity contribution in [1.29, 1.82) is 0 Å². The third kappa shape index (κ3) is 7.34. The Morgan fingerprint density at radius 2 is 1.62 bits per heavy atom. The number of methoxy groups -OCH3 is 2. The van der Waals surface area contributed by atoms with Crippen molar-refractivity contribution in [2.45, 2.75) is 12.8 Å². The second-order valence-electron chi connectivity index (χ2n) is 5.83. The summed E-state index contributed by atoms with van der Waals surface area (Å²) in [6.45, 7) is -0.488. The van der Waals surface area contributed by atoms with E-state index < -0.39 is 18.5 Å². The summed E-state index contributed by atoms with van der Waals surface area (Å²) in [5.41, 5.74) is 0.953. The van der Waals surface area contributed by atoms with Gasteiger partial charge in [0.05, 0.1) is 26.3 Å². The Hall–Kier alpha value is -3.26. The molecule has 9 heteroatoms. The molecule has 0 unspecified atom stereocenters. The van der Waals surface area contributed by atoms with Gasteiger partial charge in [-0.05, 0) is 36.4 Å². The average Bonchev–Trinajstić information content (AvgIpc) is 2.72. The minimum atomic E-state index is -0.663. The zero-order valence-electron chi connectivity index (χ0n) is 16.0. The third-order valence-corrected chi connectivity index (χ3v) is 3.98. The summed E-state index contributed by atoms with van der Waals surface area (Å²) >= 11 is 5.77. The molecule has 0 aliphatic heterocycles. The van der Waals surface area contributed by atoms with E-state index in [4.69, 9.17) is 25.8 Å². The second-order valence-corrected chi connectivity index (χ2v) is 6.27. The normalized spacial score (nSPS) is 10.0. The molecule has 2 amide bonds. The van der Waals surface area contributed by atoms with Crippen molar-refractivity contribution in [2.24, 2.45) is 0 Å². The largest absolute Gasteiger partial charge is 0.497 e. The maximum atomic E-state index is 12.0. The summed E-state index contributed by atoms with van der Waals surface area (Å²) < 4.78 is 15.2. The molecular formula is C20H21ClN2O6. The van der Waals surface area contributed by atoms with Crippen molar-refractivity contribution in [3.63, 3.8) is 0 Å². The van der Waals surface area contributed by atoms with E-state index in [2.05, 4.69) is 10.6 Å². The Morgan fingerprint density at radius 1 is 0.897 bits per heavy atom. The zero-order valence-corrected chi connectivity index (χ0v) is 16.7. The highest BCUT2D eigenvalue weighted by Crippen LogP contribution is 2.28. The quantitative estimate of drug-likeness (QED) is 0.603. The molecule has 0 aliphatic rings. The minimum absolute atomic E-state index is 0.0766. The van der Waals surface area contributed by atoms with Gasteiger partial charge in [-0.15, -0.1) is 0 Å². The SMILES string of the molecule is COc1ccc(OC)c(NC(=O)COC(=O)CCC(=O)Nc2ccc(Cl)cc2)c1. The molecule has 0 spiro atoms. The van der Waals surface area contributed by atoms with Gasteiger partial charge in [0.15, 0.2) is 6.61 Å². The predicted octanol–water partition coefficient (Wildman–Crippen LogP) is 3.26. The van der Waals surface area contributed by atoms with Gasteiger partial charge in [0.2, 0.25) is 5.91 Å². The lowest BCUT2D eigenvalue weighted by molar-refractivity contribution is -0.147. The maximum absolute atomic E-state index is 12.0. The molecule has 154 valence electrons. The molecule has 8 nitrogen and oxygen atoms in total. The number of ether oxygens (including phenoxy) is 3. The van der Waals surface area contributed by atoms with Crippen LogP contribution in [0.5, 0.6) is 11.5 Å². The highest BCUT2D eigenvalue weighted by Gasteiger charge is 2.13. The van der Waals surface area contributed by atoms with E-state index in [-0.39, 0.29) is 18.7 Å². The summed E-state index contributed by atoms with van der Waals surface area (Å²) in [4.78, 5) is 35.7. The van der Waals surface area contributed by atoms with Gasteiger partial charge < -0.3 is 24.8 Å². The molecule has 2 aromatic rings. The number of nitrogens with one attached hydrogen (secondary N) is 2. The van der Waals surface area contributed by atoms with E-state index in [0.717, 1.165) is 0 Å². The first-order valence-corrected chi connectivity index (χ1v) is 9.02. The number of anilines is 2. The topological polar surface area (TPSA) is 103 Å². The lowest BCUT2D eigenvalue weighted by Gasteiger charge is -2.12. The van der Waals surface area contributed by atoms with Crippen molar-refractivity contribution in [2.75, 3.05) is 31.5 Å². The predicted molar refractivity (Wildman–Crippen MR) is 108 cm³/mol. The van der Waals surface area contributed by atoms with Gasteiger partial charge in [-0.2, -0.15) is 0 Å². The fourth-order valence-corrected chi connectivity index (χ4v) is 2.41. The third-order valence-electron chi connectivity index (χ3n) is 3.73. The Labute approximate surface area is 173 Å². The second kappa shape index (κ2) is 10.9. The van der Waals surface area contributed by atoms with Crippen LogP contribution in [0.4, 0.5) is 11.4 Å². The van der Waals surface area contributed by atoms with Crippen molar-refractivity contribution in [3.8, 4) is 11.5 Å². The van der Waals surface area contributed by atoms with Crippen LogP contribution in [0.25, 0.3) is 0 Å². The number of carbonyl (C=O) groups is 3. The fourth-order valence-electron chi connectivity index (χ4n) is 2.29. The minimum Gasteiger partial charge on any atom is -0.497 e. The number of esters is 1. The maximum Gasteiger partial charge on any atom is 0.306 e. The number of halogens is 1. The van der Waals surface area contributed by atoms with Gasteiger partial charge in [0, 0.05) is 23.2 Å². The molecule has 0 bridgehead atoms. The number of hydrogen-bond donors (Lipinski definition) is 2. The molecule has 29 heavy (non-hydrogen) atoms. The molecule has 0 fully saturated rings. The van der Waals surface area contributed by atoms with E-state index in [0.29, 0.717) is 27.9 Å². The standard InChI is InChI=1S/C20H21ClN2O6/c1-27-15-7-8-17(28-2)16(11-15)23-19(25)12-29-20(26)10-9-18(24)22-14-5-3-13(21)4-6-14/h3-8,11H,9-10,12H2,1-2H3,(H,22,24)(H,23,25). The van der Waals surface area contributed by atoms with Gasteiger partial charge in [-0.25, -0.2) is 0 Å². The van der Waals surface area contributed by atoms with E-state index in [1.165, 1.54) is 14.2 Å². The molecule has 0 radical (unpaired) electrons. The fraction of sp³-hybridized carbons (Fsp3) is 0.250. The smallest absolute Gasteiger partial charge is 0.306 e. The van der Waals surface area contributed by atoms with Crippen LogP contribution in [-0.4, -0.2) is 38.6 Å². The molecule has 0 saturated carbocycles. The van der Waals surface area contributed by atoms with Crippen molar-refractivity contribution < 1.29 is 28.6 Å². The molecule has 2 aromatic carbocycles. The van der Waals surface area contributed by atoms with Crippen LogP contribution in [-0.2, 0) is 19.1 Å². The van der Waals surface area contributed by atoms with E-state index in [9.17, 15) is 14.4 Å². The molecule has 2 N–H and O–H groups in total. The van der Waals surface area contributed by atoms with E-state index in [1.807, 2.05) is 0 Å². The number of carbonyl (C=O) groups excluding carboxylic acids is 3. The van der Waals surface area contributed by atoms with Crippen molar-refractivity contribution in [3.05, 3.63) is 47.5 Å². The molecule has 0 atom stereocenters. The number of amides is 2. The lowest BCUT2D eigenvalue weighted by Crippen LogP contribution is -2.22. The van der Waals surface area contributed by atoms with Crippen LogP contribution >= 0.6 is 11.6 Å². The highest BCUT2D eigenvalue weighted by atomic mass is 35.5. The number of benzene rings is 2. The summed E-state index contributed by atoms with van der Waals surface area (Å²) in [6.07, 6.45) is -0.234. The van der Waals surface area contributed by atoms with Crippen LogP contribution < -0.4 is 20.1 Å². The van der Waals surface area contributed by atoms with Crippen molar-refractivity contribution in [1.82, 2.24) is 0 Å². The first-order valence-electron chi connectivity index (χ1n) is 8.64. The highest BCUT2D eigenvalue weighted by molar-refractivity contribution is 6.30. The van der Waals surface area contributed by atoms with Gasteiger partial charge >= 0.3 is 5.97 Å². The number of hydrogen-bond acceptors (Lipinski definition) is 6. The van der Waals surface area contributed by atoms with Crippen LogP contribution in [0.2, 0.25) is 5.02 Å². The molecule has 0 saturated heterocycles. The zero-order chi connectivity index (χ0) is 21.2. The van der Waals surface area contributed by atoms with E-state index in [1.54, 1.807) is 42.5 Å².